The van der Waals surface area contributed by atoms with Crippen molar-refractivity contribution in [3.05, 3.63) is 30.0 Å². The van der Waals surface area contributed by atoms with Gasteiger partial charge in [0.1, 0.15) is 11.6 Å². The van der Waals surface area contributed by atoms with Gasteiger partial charge in [-0.2, -0.15) is 0 Å². The number of nitrogens with two attached hydrogens (primary N) is 1. The summed E-state index contributed by atoms with van der Waals surface area (Å²) in [5, 5.41) is 4.85. The standard InChI is InChI=1S/C19H22IN5O3/c1-10(2)28-16-6-12-11(5-13(16)18(21)27)3-4-22-19(12)24-7-14-15(8-24)25(20)9-17(26)23-14/h3-6,10,14-15H,7-9H2,1-2H3,(H2,21,27)(H,23,26). The first-order valence-electron chi connectivity index (χ1n) is 9.19. The molecule has 0 spiro atoms. The van der Waals surface area contributed by atoms with E-state index < -0.39 is 5.91 Å². The van der Waals surface area contributed by atoms with Gasteiger partial charge in [0.25, 0.3) is 5.91 Å². The molecule has 28 heavy (non-hydrogen) atoms. The molecule has 2 amide bonds. The molecule has 2 aliphatic heterocycles. The molecule has 0 saturated carbocycles. The van der Waals surface area contributed by atoms with Gasteiger partial charge in [-0.25, -0.2) is 8.10 Å². The number of halogens is 1. The Kier molecular flexibility index (Phi) is 5.04. The molecular weight excluding hydrogens is 473 g/mol. The van der Waals surface area contributed by atoms with Gasteiger partial charge in [-0.15, -0.1) is 0 Å². The fraction of sp³-hybridized carbons (Fsp3) is 0.421. The van der Waals surface area contributed by atoms with Crippen LogP contribution in [0, 0.1) is 0 Å². The van der Waals surface area contributed by atoms with Crippen LogP contribution in [0.1, 0.15) is 24.2 Å². The summed E-state index contributed by atoms with van der Waals surface area (Å²) in [7, 11) is 0. The molecule has 2 aromatic rings. The zero-order chi connectivity index (χ0) is 20.0. The number of benzene rings is 1. The van der Waals surface area contributed by atoms with E-state index in [4.69, 9.17) is 10.5 Å². The number of piperazine rings is 1. The van der Waals surface area contributed by atoms with Crippen molar-refractivity contribution in [1.29, 1.82) is 0 Å². The zero-order valence-corrected chi connectivity index (χ0v) is 17.8. The van der Waals surface area contributed by atoms with Crippen LogP contribution >= 0.6 is 22.9 Å². The summed E-state index contributed by atoms with van der Waals surface area (Å²) in [4.78, 5) is 30.5. The first kappa shape index (κ1) is 19.2. The molecule has 2 saturated heterocycles. The molecule has 0 radical (unpaired) electrons. The van der Waals surface area contributed by atoms with Gasteiger partial charge in [0.05, 0.1) is 30.3 Å². The van der Waals surface area contributed by atoms with E-state index in [-0.39, 0.29) is 24.1 Å². The Morgan fingerprint density at radius 3 is 2.89 bits per heavy atom. The summed E-state index contributed by atoms with van der Waals surface area (Å²) >= 11 is 2.22. The molecule has 1 aromatic heterocycles. The molecule has 3 N–H and O–H groups in total. The maximum atomic E-state index is 11.9. The van der Waals surface area contributed by atoms with Crippen molar-refractivity contribution in [3.63, 3.8) is 0 Å². The lowest BCUT2D eigenvalue weighted by Gasteiger charge is -2.31. The number of carbonyl (C=O) groups is 2. The van der Waals surface area contributed by atoms with Crippen LogP contribution in [0.3, 0.4) is 0 Å². The number of amides is 2. The fourth-order valence-electron chi connectivity index (χ4n) is 3.87. The quantitative estimate of drug-likeness (QED) is 0.492. The van der Waals surface area contributed by atoms with Crippen molar-refractivity contribution in [1.82, 2.24) is 13.4 Å². The predicted octanol–water partition coefficient (Wildman–Crippen LogP) is 1.46. The smallest absolute Gasteiger partial charge is 0.252 e. The van der Waals surface area contributed by atoms with E-state index >= 15 is 0 Å². The van der Waals surface area contributed by atoms with Crippen molar-refractivity contribution >= 4 is 51.3 Å². The summed E-state index contributed by atoms with van der Waals surface area (Å²) in [6.07, 6.45) is 1.64. The number of rotatable bonds is 4. The summed E-state index contributed by atoms with van der Waals surface area (Å²) in [5.41, 5.74) is 5.92. The molecule has 0 aliphatic carbocycles. The minimum atomic E-state index is -0.522. The number of anilines is 1. The summed E-state index contributed by atoms with van der Waals surface area (Å²) in [5.74, 6) is 0.800. The maximum Gasteiger partial charge on any atom is 0.252 e. The molecule has 148 valence electrons. The first-order valence-corrected chi connectivity index (χ1v) is 10.2. The van der Waals surface area contributed by atoms with Crippen LogP contribution in [0.2, 0.25) is 0 Å². The molecule has 2 unspecified atom stereocenters. The third kappa shape index (κ3) is 3.48. The number of nitrogens with one attached hydrogen (secondary N) is 1. The Labute approximate surface area is 176 Å². The Hall–Kier alpha value is -2.14. The summed E-state index contributed by atoms with van der Waals surface area (Å²) < 4.78 is 7.90. The molecule has 2 aliphatic rings. The normalized spacial score (nSPS) is 22.4. The molecule has 9 heteroatoms. The SMILES string of the molecule is CC(C)Oc1cc2c(N3CC4NC(=O)CN(I)C4C3)nccc2cc1C(N)=O. The number of primary amides is 1. The molecule has 1 aromatic carbocycles. The molecule has 3 heterocycles. The Morgan fingerprint density at radius 1 is 1.39 bits per heavy atom. The van der Waals surface area contributed by atoms with E-state index in [9.17, 15) is 9.59 Å². The van der Waals surface area contributed by atoms with Gasteiger partial charge < -0.3 is 20.7 Å². The van der Waals surface area contributed by atoms with Gasteiger partial charge in [-0.1, -0.05) is 0 Å². The van der Waals surface area contributed by atoms with Gasteiger partial charge in [-0.3, -0.25) is 9.59 Å². The largest absolute Gasteiger partial charge is 0.490 e. The van der Waals surface area contributed by atoms with Gasteiger partial charge in [0.15, 0.2) is 0 Å². The first-order chi connectivity index (χ1) is 13.3. The Balaban J connectivity index is 1.75. The fourth-order valence-corrected chi connectivity index (χ4v) is 4.75. The van der Waals surface area contributed by atoms with E-state index in [2.05, 4.69) is 41.2 Å². The van der Waals surface area contributed by atoms with Crippen LogP contribution in [-0.2, 0) is 4.79 Å². The van der Waals surface area contributed by atoms with Gasteiger partial charge in [0, 0.05) is 47.5 Å². The van der Waals surface area contributed by atoms with E-state index in [1.54, 1.807) is 12.3 Å². The molecule has 4 rings (SSSR count). The van der Waals surface area contributed by atoms with Crippen molar-refractivity contribution in [2.45, 2.75) is 32.0 Å². The van der Waals surface area contributed by atoms with Crippen molar-refractivity contribution in [2.75, 3.05) is 24.5 Å². The van der Waals surface area contributed by atoms with E-state index in [0.29, 0.717) is 24.4 Å². The number of aromatic nitrogens is 1. The second-order valence-electron chi connectivity index (χ2n) is 7.44. The highest BCUT2D eigenvalue weighted by Gasteiger charge is 2.41. The lowest BCUT2D eigenvalue weighted by atomic mass is 10.1. The topological polar surface area (TPSA) is 101 Å². The highest BCUT2D eigenvalue weighted by molar-refractivity contribution is 14.1. The number of ether oxygens (including phenoxy) is 1. The third-order valence-corrected chi connectivity index (χ3v) is 6.12. The Morgan fingerprint density at radius 2 is 2.18 bits per heavy atom. The third-order valence-electron chi connectivity index (χ3n) is 5.06. The average Bonchev–Trinajstić information content (AvgIpc) is 3.04. The van der Waals surface area contributed by atoms with Crippen LogP contribution in [0.25, 0.3) is 10.8 Å². The number of carbonyl (C=O) groups excluding carboxylic acids is 2. The number of hydrogen-bond acceptors (Lipinski definition) is 6. The molecule has 8 nitrogen and oxygen atoms in total. The molecule has 2 fully saturated rings. The lowest BCUT2D eigenvalue weighted by Crippen LogP contribution is -2.56. The minimum Gasteiger partial charge on any atom is -0.490 e. The molecule has 2 atom stereocenters. The highest BCUT2D eigenvalue weighted by Crippen LogP contribution is 2.34. The predicted molar refractivity (Wildman–Crippen MR) is 115 cm³/mol. The number of fused-ring (bicyclic) bond motifs is 2. The summed E-state index contributed by atoms with van der Waals surface area (Å²) in [6, 6.07) is 5.76. The highest BCUT2D eigenvalue weighted by atomic mass is 127. The van der Waals surface area contributed by atoms with Crippen molar-refractivity contribution in [3.8, 4) is 5.75 Å². The van der Waals surface area contributed by atoms with Crippen molar-refractivity contribution in [2.24, 2.45) is 5.73 Å². The second kappa shape index (κ2) is 7.36. The minimum absolute atomic E-state index is 0.0436. The summed E-state index contributed by atoms with van der Waals surface area (Å²) in [6.45, 7) is 5.65. The van der Waals surface area contributed by atoms with Gasteiger partial charge in [0.2, 0.25) is 5.91 Å². The van der Waals surface area contributed by atoms with Gasteiger partial charge >= 0.3 is 0 Å². The average molecular weight is 495 g/mol. The number of hydrogen-bond donors (Lipinski definition) is 2. The second-order valence-corrected chi connectivity index (χ2v) is 8.68. The Bertz CT molecular complexity index is 951. The zero-order valence-electron chi connectivity index (χ0n) is 15.7. The van der Waals surface area contributed by atoms with E-state index in [1.165, 1.54) is 0 Å². The number of nitrogens with zero attached hydrogens (tertiary/aromatic N) is 3. The van der Waals surface area contributed by atoms with E-state index in [1.807, 2.05) is 26.0 Å². The maximum absolute atomic E-state index is 11.9. The van der Waals surface area contributed by atoms with Crippen LogP contribution in [0.5, 0.6) is 5.75 Å². The van der Waals surface area contributed by atoms with Crippen LogP contribution in [0.4, 0.5) is 5.82 Å². The van der Waals surface area contributed by atoms with E-state index in [0.717, 1.165) is 23.1 Å². The molecular formula is C19H22IN5O3. The van der Waals surface area contributed by atoms with Gasteiger partial charge in [-0.05, 0) is 37.4 Å². The van der Waals surface area contributed by atoms with Crippen molar-refractivity contribution < 1.29 is 14.3 Å². The molecule has 0 bridgehead atoms. The van der Waals surface area contributed by atoms with Crippen LogP contribution < -0.4 is 20.7 Å². The lowest BCUT2D eigenvalue weighted by molar-refractivity contribution is -0.123. The van der Waals surface area contributed by atoms with Crippen LogP contribution in [0.15, 0.2) is 24.4 Å². The number of pyridine rings is 1. The van der Waals surface area contributed by atoms with Crippen LogP contribution in [-0.4, -0.2) is 57.7 Å². The monoisotopic (exact) mass is 495 g/mol.